The van der Waals surface area contributed by atoms with Crippen LogP contribution in [0.25, 0.3) is 0 Å². The van der Waals surface area contributed by atoms with Gasteiger partial charge in [0.2, 0.25) is 0 Å². The van der Waals surface area contributed by atoms with Crippen LogP contribution < -0.4 is 0 Å². The molecule has 0 radical (unpaired) electrons. The fourth-order valence-corrected chi connectivity index (χ4v) is 0.580. The summed E-state index contributed by atoms with van der Waals surface area (Å²) in [6, 6.07) is 0. The molecule has 0 amide bonds. The van der Waals surface area contributed by atoms with E-state index in [0.717, 1.165) is 0 Å². The molecule has 0 saturated heterocycles. The van der Waals surface area contributed by atoms with Gasteiger partial charge in [-0.15, -0.1) is 0 Å². The van der Waals surface area contributed by atoms with Crippen LogP contribution in [0.4, 0.5) is 0 Å². The summed E-state index contributed by atoms with van der Waals surface area (Å²) in [7, 11) is 0. The molecule has 2 heteroatoms. The average molecular weight is 182 g/mol. The summed E-state index contributed by atoms with van der Waals surface area (Å²) < 4.78 is 0. The van der Waals surface area contributed by atoms with Crippen molar-refractivity contribution >= 4 is 5.97 Å². The van der Waals surface area contributed by atoms with Crippen LogP contribution in [0.3, 0.4) is 0 Å². The van der Waals surface area contributed by atoms with Gasteiger partial charge in [0.15, 0.2) is 0 Å². The number of aliphatic carboxylic acids is 1. The van der Waals surface area contributed by atoms with Crippen LogP contribution in [0, 0.1) is 5.92 Å². The Kier molecular flexibility index (Phi) is 9.61. The molecule has 0 unspecified atom stereocenters. The summed E-state index contributed by atoms with van der Waals surface area (Å²) in [6.07, 6.45) is 3.86. The van der Waals surface area contributed by atoms with Gasteiger partial charge in [-0.1, -0.05) is 45.7 Å². The van der Waals surface area contributed by atoms with Crippen molar-refractivity contribution in [3.63, 3.8) is 0 Å². The molecule has 2 nitrogen and oxygen atoms in total. The lowest BCUT2D eigenvalue weighted by atomic mass is 10.1. The molecular formula is C11H18O2. The summed E-state index contributed by atoms with van der Waals surface area (Å²) in [6.45, 7) is 14.0. The third-order valence-corrected chi connectivity index (χ3v) is 1.12. The molecule has 1 N–H and O–H groups in total. The van der Waals surface area contributed by atoms with Crippen LogP contribution >= 0.6 is 0 Å². The van der Waals surface area contributed by atoms with Crippen molar-refractivity contribution in [1.29, 1.82) is 0 Å². The van der Waals surface area contributed by atoms with E-state index in [1.54, 1.807) is 12.2 Å². The highest BCUT2D eigenvalue weighted by molar-refractivity contribution is 5.85. The molecule has 0 aromatic rings. The minimum Gasteiger partial charge on any atom is -0.478 e. The molecule has 0 aliphatic heterocycles. The van der Waals surface area contributed by atoms with E-state index in [9.17, 15) is 4.79 Å². The number of carbonyl (C=O) groups is 1. The van der Waals surface area contributed by atoms with Gasteiger partial charge < -0.3 is 5.11 Å². The minimum atomic E-state index is -0.885. The van der Waals surface area contributed by atoms with Gasteiger partial charge in [0, 0.05) is 5.57 Å². The lowest BCUT2D eigenvalue weighted by molar-refractivity contribution is -0.132. The number of carboxylic acids is 1. The molecule has 0 spiro atoms. The molecule has 0 bridgehead atoms. The second kappa shape index (κ2) is 8.78. The first kappa shape index (κ1) is 14.2. The Hall–Kier alpha value is -1.31. The number of allylic oxidation sites excluding steroid dienone is 2. The van der Waals surface area contributed by atoms with Crippen molar-refractivity contribution in [3.8, 4) is 0 Å². The van der Waals surface area contributed by atoms with E-state index >= 15 is 0 Å². The van der Waals surface area contributed by atoms with E-state index in [1.165, 1.54) is 0 Å². The van der Waals surface area contributed by atoms with Crippen molar-refractivity contribution in [2.75, 3.05) is 0 Å². The summed E-state index contributed by atoms with van der Waals surface area (Å²) in [5, 5.41) is 8.33. The van der Waals surface area contributed by atoms with Gasteiger partial charge in [-0.25, -0.2) is 4.79 Å². The van der Waals surface area contributed by atoms with Crippen molar-refractivity contribution < 1.29 is 9.90 Å². The zero-order valence-corrected chi connectivity index (χ0v) is 8.42. The minimum absolute atomic E-state index is 0.296. The fraction of sp³-hybridized carbons (Fsp3) is 0.364. The van der Waals surface area contributed by atoms with E-state index in [1.807, 2.05) is 13.8 Å². The first-order chi connectivity index (χ1) is 5.95. The van der Waals surface area contributed by atoms with E-state index < -0.39 is 5.97 Å². The van der Waals surface area contributed by atoms with Crippen molar-refractivity contribution in [1.82, 2.24) is 0 Å². The van der Waals surface area contributed by atoms with Gasteiger partial charge >= 0.3 is 5.97 Å². The SMILES string of the molecule is C=C(CC(C)C)C(=O)O.C=CC=C. The first-order valence-corrected chi connectivity index (χ1v) is 4.10. The topological polar surface area (TPSA) is 37.3 Å². The number of carboxylic acid groups (broad SMARTS) is 1. The van der Waals surface area contributed by atoms with E-state index in [0.29, 0.717) is 17.9 Å². The third kappa shape index (κ3) is 13.7. The maximum Gasteiger partial charge on any atom is 0.330 e. The van der Waals surface area contributed by atoms with Crippen LogP contribution in [-0.4, -0.2) is 11.1 Å². The van der Waals surface area contributed by atoms with Gasteiger partial charge in [-0.2, -0.15) is 0 Å². The van der Waals surface area contributed by atoms with Crippen LogP contribution in [-0.2, 0) is 4.79 Å². The number of hydrogen-bond acceptors (Lipinski definition) is 1. The van der Waals surface area contributed by atoms with Crippen LogP contribution in [0.1, 0.15) is 20.3 Å². The average Bonchev–Trinajstić information content (AvgIpc) is 2.03. The van der Waals surface area contributed by atoms with E-state index in [4.69, 9.17) is 5.11 Å². The highest BCUT2D eigenvalue weighted by Crippen LogP contribution is 2.07. The maximum absolute atomic E-state index is 10.1. The molecule has 0 aromatic heterocycles. The van der Waals surface area contributed by atoms with Crippen LogP contribution in [0.5, 0.6) is 0 Å². The predicted octanol–water partition coefficient (Wildman–Crippen LogP) is 3.03. The fourth-order valence-electron chi connectivity index (χ4n) is 0.580. The van der Waals surface area contributed by atoms with Gasteiger partial charge in [0.1, 0.15) is 0 Å². The highest BCUT2D eigenvalue weighted by atomic mass is 16.4. The Morgan fingerprint density at radius 3 is 1.85 bits per heavy atom. The molecule has 74 valence electrons. The van der Waals surface area contributed by atoms with Gasteiger partial charge in [-0.05, 0) is 12.3 Å². The summed E-state index contributed by atoms with van der Waals surface area (Å²) in [4.78, 5) is 10.1. The Morgan fingerprint density at radius 2 is 1.77 bits per heavy atom. The Labute approximate surface area is 80.3 Å². The molecule has 0 aromatic carbocycles. The summed E-state index contributed by atoms with van der Waals surface area (Å²) >= 11 is 0. The van der Waals surface area contributed by atoms with Crippen molar-refractivity contribution in [2.24, 2.45) is 5.92 Å². The molecule has 0 aliphatic carbocycles. The quantitative estimate of drug-likeness (QED) is 0.536. The lowest BCUT2D eigenvalue weighted by Gasteiger charge is -2.01. The molecule has 0 saturated carbocycles. The largest absolute Gasteiger partial charge is 0.478 e. The standard InChI is InChI=1S/C7H12O2.C4H6/c1-5(2)4-6(3)7(8)9;1-3-4-2/h5H,3-4H2,1-2H3,(H,8,9);3-4H,1-2H2. The van der Waals surface area contributed by atoms with Crippen LogP contribution in [0.2, 0.25) is 0 Å². The molecule has 0 fully saturated rings. The normalized spacial score (nSPS) is 8.23. The van der Waals surface area contributed by atoms with Gasteiger partial charge in [0.05, 0.1) is 0 Å². The Bertz CT molecular complexity index is 184. The zero-order chi connectivity index (χ0) is 10.9. The Balaban J connectivity index is 0. The number of rotatable bonds is 4. The second-order valence-corrected chi connectivity index (χ2v) is 2.98. The van der Waals surface area contributed by atoms with E-state index in [-0.39, 0.29) is 0 Å². The van der Waals surface area contributed by atoms with Crippen molar-refractivity contribution in [3.05, 3.63) is 37.5 Å². The molecule has 0 rings (SSSR count). The third-order valence-electron chi connectivity index (χ3n) is 1.12. The monoisotopic (exact) mass is 182 g/mol. The molecule has 13 heavy (non-hydrogen) atoms. The maximum atomic E-state index is 10.1. The van der Waals surface area contributed by atoms with Gasteiger partial charge in [-0.3, -0.25) is 0 Å². The molecule has 0 heterocycles. The Morgan fingerprint density at radius 1 is 1.38 bits per heavy atom. The summed E-state index contributed by atoms with van der Waals surface area (Å²) in [5.41, 5.74) is 0.296. The highest BCUT2D eigenvalue weighted by Gasteiger charge is 2.04. The van der Waals surface area contributed by atoms with Crippen molar-refractivity contribution in [2.45, 2.75) is 20.3 Å². The molecule has 0 atom stereocenters. The van der Waals surface area contributed by atoms with Gasteiger partial charge in [0.25, 0.3) is 0 Å². The molecule has 0 aliphatic rings. The predicted molar refractivity (Wildman–Crippen MR) is 56.6 cm³/mol. The number of hydrogen-bond donors (Lipinski definition) is 1. The van der Waals surface area contributed by atoms with E-state index in [2.05, 4.69) is 19.7 Å². The first-order valence-electron chi connectivity index (χ1n) is 4.10. The van der Waals surface area contributed by atoms with Crippen LogP contribution in [0.15, 0.2) is 37.5 Å². The summed E-state index contributed by atoms with van der Waals surface area (Å²) in [5.74, 6) is -0.502. The second-order valence-electron chi connectivity index (χ2n) is 2.98. The molecular weight excluding hydrogens is 164 g/mol. The lowest BCUT2D eigenvalue weighted by Crippen LogP contribution is -2.01. The zero-order valence-electron chi connectivity index (χ0n) is 8.42. The smallest absolute Gasteiger partial charge is 0.330 e.